The Hall–Kier alpha value is -3.31. The Morgan fingerprint density at radius 1 is 0.865 bits per heavy atom. The van der Waals surface area contributed by atoms with E-state index in [2.05, 4.69) is 29.6 Å². The lowest BCUT2D eigenvalue weighted by molar-refractivity contribution is 0.0216. The second-order valence-electron chi connectivity index (χ2n) is 10.0. The van der Waals surface area contributed by atoms with Crippen molar-refractivity contribution < 1.29 is 14.3 Å². The van der Waals surface area contributed by atoms with Crippen molar-refractivity contribution >= 4 is 23.6 Å². The molecule has 0 unspecified atom stereocenters. The van der Waals surface area contributed by atoms with Crippen LogP contribution < -0.4 is 5.32 Å². The van der Waals surface area contributed by atoms with Crippen molar-refractivity contribution in [3.05, 3.63) is 83.4 Å². The quantitative estimate of drug-likeness (QED) is 0.381. The molecule has 0 atom stereocenters. The smallest absolute Gasteiger partial charge is 0.410 e. The van der Waals surface area contributed by atoms with Crippen LogP contribution in [0.5, 0.6) is 0 Å². The minimum absolute atomic E-state index is 0.0867. The van der Waals surface area contributed by atoms with Crippen molar-refractivity contribution in [2.75, 3.05) is 19.6 Å². The van der Waals surface area contributed by atoms with Gasteiger partial charge in [-0.05, 0) is 81.8 Å². The Morgan fingerprint density at radius 3 is 2.05 bits per heavy atom. The molecule has 1 fully saturated rings. The summed E-state index contributed by atoms with van der Waals surface area (Å²) >= 11 is 6.34. The number of ether oxygens (including phenoxy) is 1. The predicted octanol–water partition coefficient (Wildman–Crippen LogP) is 7.83. The van der Waals surface area contributed by atoms with Gasteiger partial charge < -0.3 is 15.0 Å². The van der Waals surface area contributed by atoms with E-state index in [0.29, 0.717) is 17.1 Å². The zero-order chi connectivity index (χ0) is 26.8. The number of hydrogen-bond donors (Lipinski definition) is 1. The highest BCUT2D eigenvalue weighted by molar-refractivity contribution is 6.33. The summed E-state index contributed by atoms with van der Waals surface area (Å²) in [6, 6.07) is 23.8. The molecule has 1 N–H and O–H groups in total. The van der Waals surface area contributed by atoms with Crippen LogP contribution in [0.25, 0.3) is 22.3 Å². The van der Waals surface area contributed by atoms with Crippen molar-refractivity contribution in [1.82, 2.24) is 10.2 Å². The first-order valence-electron chi connectivity index (χ1n) is 12.9. The van der Waals surface area contributed by atoms with E-state index in [0.717, 1.165) is 42.6 Å². The number of hydrogen-bond acceptors (Lipinski definition) is 3. The molecule has 6 heteroatoms. The Bertz CT molecular complexity index is 1170. The number of carbonyl (C=O) groups is 2. The molecule has 1 saturated heterocycles. The van der Waals surface area contributed by atoms with Gasteiger partial charge in [0.15, 0.2) is 0 Å². The van der Waals surface area contributed by atoms with Gasteiger partial charge in [0.05, 0.1) is 0 Å². The first-order chi connectivity index (χ1) is 17.7. The fourth-order valence-corrected chi connectivity index (χ4v) is 4.25. The van der Waals surface area contributed by atoms with Gasteiger partial charge in [0.1, 0.15) is 5.60 Å². The summed E-state index contributed by atoms with van der Waals surface area (Å²) in [5.41, 5.74) is 4.42. The molecule has 0 radical (unpaired) electrons. The van der Waals surface area contributed by atoms with Gasteiger partial charge in [0, 0.05) is 35.8 Å². The molecular formula is C31H37ClN2O3. The highest BCUT2D eigenvalue weighted by Gasteiger charge is 2.23. The van der Waals surface area contributed by atoms with Gasteiger partial charge in [0.2, 0.25) is 0 Å². The van der Waals surface area contributed by atoms with Gasteiger partial charge in [-0.1, -0.05) is 66.2 Å². The number of nitrogens with zero attached hydrogens (tertiary/aromatic N) is 1. The van der Waals surface area contributed by atoms with Crippen molar-refractivity contribution in [2.45, 2.75) is 52.6 Å². The third-order valence-corrected chi connectivity index (χ3v) is 6.21. The van der Waals surface area contributed by atoms with Gasteiger partial charge in [0.25, 0.3) is 5.91 Å². The van der Waals surface area contributed by atoms with Crippen LogP contribution in [0.2, 0.25) is 5.02 Å². The van der Waals surface area contributed by atoms with Crippen LogP contribution in [-0.2, 0) is 4.74 Å². The van der Waals surface area contributed by atoms with Crippen molar-refractivity contribution in [3.63, 3.8) is 0 Å². The molecule has 37 heavy (non-hydrogen) atoms. The highest BCUT2D eigenvalue weighted by Crippen LogP contribution is 2.31. The Morgan fingerprint density at radius 2 is 1.46 bits per heavy atom. The normalized spacial score (nSPS) is 13.3. The lowest BCUT2D eigenvalue weighted by atomic mass is 9.99. The molecule has 2 amide bonds. The molecule has 1 heterocycles. The number of benzene rings is 3. The molecule has 0 aromatic heterocycles. The SMILES string of the molecule is CC(C)(C)OC(=O)N1CCCCC1.CCNC(=O)c1ccc(Cl)c(-c2ccc(-c3ccccc3)cc2)c1. The number of carbonyl (C=O) groups excluding carboxylic acids is 2. The predicted molar refractivity (Wildman–Crippen MR) is 152 cm³/mol. The largest absolute Gasteiger partial charge is 0.444 e. The average Bonchev–Trinajstić information content (AvgIpc) is 2.90. The monoisotopic (exact) mass is 520 g/mol. The average molecular weight is 521 g/mol. The Labute approximate surface area is 225 Å². The Kier molecular flexibility index (Phi) is 10.2. The lowest BCUT2D eigenvalue weighted by Crippen LogP contribution is -2.39. The van der Waals surface area contributed by atoms with Crippen molar-refractivity contribution in [3.8, 4) is 22.3 Å². The number of amides is 2. The summed E-state index contributed by atoms with van der Waals surface area (Å²) < 4.78 is 5.26. The van der Waals surface area contributed by atoms with Gasteiger partial charge in [-0.25, -0.2) is 4.79 Å². The number of likely N-dealkylation sites (tertiary alicyclic amines) is 1. The van der Waals surface area contributed by atoms with Gasteiger partial charge in [-0.3, -0.25) is 4.79 Å². The maximum absolute atomic E-state index is 12.0. The van der Waals surface area contributed by atoms with E-state index >= 15 is 0 Å². The van der Waals surface area contributed by atoms with Crippen LogP contribution in [0.4, 0.5) is 4.79 Å². The minimum atomic E-state index is -0.367. The number of halogens is 1. The molecule has 196 valence electrons. The molecule has 4 rings (SSSR count). The van der Waals surface area contributed by atoms with Crippen molar-refractivity contribution in [2.24, 2.45) is 0 Å². The van der Waals surface area contributed by atoms with Crippen molar-refractivity contribution in [1.29, 1.82) is 0 Å². The molecule has 3 aromatic rings. The van der Waals surface area contributed by atoms with E-state index in [1.54, 1.807) is 17.0 Å². The maximum Gasteiger partial charge on any atom is 0.410 e. The first-order valence-corrected chi connectivity index (χ1v) is 13.3. The second-order valence-corrected chi connectivity index (χ2v) is 10.4. The zero-order valence-corrected chi connectivity index (χ0v) is 23.0. The number of nitrogens with one attached hydrogen (secondary N) is 1. The summed E-state index contributed by atoms with van der Waals surface area (Å²) in [7, 11) is 0. The fourth-order valence-electron chi connectivity index (χ4n) is 4.03. The summed E-state index contributed by atoms with van der Waals surface area (Å²) in [4.78, 5) is 25.3. The van der Waals surface area contributed by atoms with E-state index in [9.17, 15) is 9.59 Å². The topological polar surface area (TPSA) is 58.6 Å². The van der Waals surface area contributed by atoms with Gasteiger partial charge >= 0.3 is 6.09 Å². The maximum atomic E-state index is 12.0. The molecule has 0 saturated carbocycles. The second kappa shape index (κ2) is 13.3. The number of piperidine rings is 1. The zero-order valence-electron chi connectivity index (χ0n) is 22.2. The minimum Gasteiger partial charge on any atom is -0.444 e. The highest BCUT2D eigenvalue weighted by atomic mass is 35.5. The van der Waals surface area contributed by atoms with Gasteiger partial charge in [-0.15, -0.1) is 0 Å². The summed E-state index contributed by atoms with van der Waals surface area (Å²) in [6.45, 7) is 9.90. The lowest BCUT2D eigenvalue weighted by Gasteiger charge is -2.29. The van der Waals surface area contributed by atoms with E-state index in [1.807, 2.05) is 64.1 Å². The van der Waals surface area contributed by atoms with E-state index in [1.165, 1.54) is 12.0 Å². The molecule has 1 aliphatic heterocycles. The summed E-state index contributed by atoms with van der Waals surface area (Å²) in [5, 5.41) is 3.44. The molecule has 0 bridgehead atoms. The molecule has 0 aliphatic carbocycles. The van der Waals surface area contributed by atoms with Crippen LogP contribution in [0.15, 0.2) is 72.8 Å². The summed E-state index contributed by atoms with van der Waals surface area (Å²) in [6.07, 6.45) is 3.30. The summed E-state index contributed by atoms with van der Waals surface area (Å²) in [5.74, 6) is -0.0867. The van der Waals surface area contributed by atoms with E-state index < -0.39 is 0 Å². The van der Waals surface area contributed by atoms with E-state index in [-0.39, 0.29) is 17.6 Å². The third-order valence-electron chi connectivity index (χ3n) is 5.88. The van der Waals surface area contributed by atoms with Crippen LogP contribution >= 0.6 is 11.6 Å². The van der Waals surface area contributed by atoms with Gasteiger partial charge in [-0.2, -0.15) is 0 Å². The van der Waals surface area contributed by atoms with Crippen LogP contribution in [-0.4, -0.2) is 42.1 Å². The fraction of sp³-hybridized carbons (Fsp3) is 0.355. The molecule has 0 spiro atoms. The van der Waals surface area contributed by atoms with Crippen LogP contribution in [0, 0.1) is 0 Å². The molecule has 1 aliphatic rings. The Balaban J connectivity index is 0.000000248. The third kappa shape index (κ3) is 8.64. The molecular weight excluding hydrogens is 484 g/mol. The first kappa shape index (κ1) is 28.3. The number of rotatable bonds is 4. The van der Waals surface area contributed by atoms with E-state index in [4.69, 9.17) is 16.3 Å². The molecule has 5 nitrogen and oxygen atoms in total. The molecule has 3 aromatic carbocycles. The standard InChI is InChI=1S/C21H18ClNO.C10H19NO2/c1-2-23-21(24)18-12-13-20(22)19(14-18)17-10-8-16(9-11-17)15-6-4-3-5-7-15;1-10(2,3)13-9(12)11-7-5-4-6-8-11/h3-14H,2H2,1H3,(H,23,24);4-8H2,1-3H3. The van der Waals surface area contributed by atoms with Crippen LogP contribution in [0.1, 0.15) is 57.3 Å². The van der Waals surface area contributed by atoms with Crippen LogP contribution in [0.3, 0.4) is 0 Å².